The molecule has 82 valence electrons. The first-order valence-corrected chi connectivity index (χ1v) is 4.95. The molecule has 0 unspecified atom stereocenters. The Morgan fingerprint density at radius 1 is 1.53 bits per heavy atom. The molecule has 0 aromatic heterocycles. The second kappa shape index (κ2) is 4.83. The standard InChI is InChI=1S/C9H9BrN2O2.ClH/c10-5-1-2-8-7(3-5)12-9(13)6(11)4-14-8;/h1-3,6H,4,11H2,(H,12,13);1H/t6-;/m0./s1. The molecule has 15 heavy (non-hydrogen) atoms. The molecule has 0 fully saturated rings. The average Bonchev–Trinajstić information content (AvgIpc) is 2.27. The lowest BCUT2D eigenvalue weighted by Gasteiger charge is -2.06. The smallest absolute Gasteiger partial charge is 0.244 e. The molecule has 6 heteroatoms. The predicted octanol–water partition coefficient (Wildman–Crippen LogP) is 1.53. The van der Waals surface area contributed by atoms with Crippen LogP contribution in [0.3, 0.4) is 0 Å². The Morgan fingerprint density at radius 3 is 3.00 bits per heavy atom. The van der Waals surface area contributed by atoms with Gasteiger partial charge < -0.3 is 15.8 Å². The molecule has 1 aliphatic heterocycles. The van der Waals surface area contributed by atoms with Crippen molar-refractivity contribution in [3.8, 4) is 5.75 Å². The molecule has 1 aromatic carbocycles. The van der Waals surface area contributed by atoms with E-state index in [1.807, 2.05) is 6.07 Å². The summed E-state index contributed by atoms with van der Waals surface area (Å²) in [5, 5.41) is 2.69. The Labute approximate surface area is 102 Å². The summed E-state index contributed by atoms with van der Waals surface area (Å²) in [5.74, 6) is 0.427. The van der Waals surface area contributed by atoms with Crippen LogP contribution in [0, 0.1) is 0 Å². The molecule has 1 heterocycles. The van der Waals surface area contributed by atoms with Crippen LogP contribution in [0.15, 0.2) is 22.7 Å². The second-order valence-corrected chi connectivity index (χ2v) is 3.96. The molecule has 1 atom stereocenters. The molecule has 0 spiro atoms. The van der Waals surface area contributed by atoms with Crippen molar-refractivity contribution in [1.82, 2.24) is 0 Å². The van der Waals surface area contributed by atoms with Crippen LogP contribution in [0.5, 0.6) is 5.75 Å². The van der Waals surface area contributed by atoms with E-state index in [-0.39, 0.29) is 24.9 Å². The number of benzene rings is 1. The Hall–Kier alpha value is -0.780. The fourth-order valence-corrected chi connectivity index (χ4v) is 1.57. The largest absolute Gasteiger partial charge is 0.489 e. The number of nitrogens with two attached hydrogens (primary N) is 1. The van der Waals surface area contributed by atoms with E-state index in [0.29, 0.717) is 11.4 Å². The molecule has 3 N–H and O–H groups in total. The first-order valence-electron chi connectivity index (χ1n) is 4.15. The molecule has 2 rings (SSSR count). The number of rotatable bonds is 0. The molecule has 0 bridgehead atoms. The number of carbonyl (C=O) groups excluding carboxylic acids is 1. The third-order valence-corrected chi connectivity index (χ3v) is 2.45. The number of carbonyl (C=O) groups is 1. The maximum Gasteiger partial charge on any atom is 0.244 e. The minimum Gasteiger partial charge on any atom is -0.489 e. The molecule has 1 amide bonds. The highest BCUT2D eigenvalue weighted by molar-refractivity contribution is 9.10. The zero-order chi connectivity index (χ0) is 10.1. The minimum absolute atomic E-state index is 0. The normalized spacial score (nSPS) is 19.1. The number of nitrogens with one attached hydrogen (secondary N) is 1. The molecular weight excluding hydrogens is 283 g/mol. The molecule has 1 aromatic rings. The molecule has 1 aliphatic rings. The number of hydrogen-bond donors (Lipinski definition) is 2. The Balaban J connectivity index is 0.00000112. The van der Waals surface area contributed by atoms with Crippen molar-refractivity contribution < 1.29 is 9.53 Å². The lowest BCUT2D eigenvalue weighted by atomic mass is 10.3. The first-order chi connectivity index (χ1) is 6.66. The molecule has 0 saturated carbocycles. The summed E-state index contributed by atoms with van der Waals surface area (Å²) in [7, 11) is 0. The summed E-state index contributed by atoms with van der Waals surface area (Å²) < 4.78 is 6.24. The van der Waals surface area contributed by atoms with E-state index in [9.17, 15) is 4.79 Å². The Kier molecular flexibility index (Phi) is 3.96. The van der Waals surface area contributed by atoms with Gasteiger partial charge in [-0.25, -0.2) is 0 Å². The molecular formula is C9H10BrClN2O2. The van der Waals surface area contributed by atoms with E-state index >= 15 is 0 Å². The average molecular weight is 294 g/mol. The number of halogens is 2. The lowest BCUT2D eigenvalue weighted by Crippen LogP contribution is -2.38. The van der Waals surface area contributed by atoms with Gasteiger partial charge in [0.15, 0.2) is 0 Å². The summed E-state index contributed by atoms with van der Waals surface area (Å²) in [6.45, 7) is 0.209. The third-order valence-electron chi connectivity index (χ3n) is 1.95. The molecule has 0 aliphatic carbocycles. The molecule has 0 saturated heterocycles. The third kappa shape index (κ3) is 2.62. The second-order valence-electron chi connectivity index (χ2n) is 3.05. The van der Waals surface area contributed by atoms with E-state index in [2.05, 4.69) is 21.2 Å². The number of hydrogen-bond acceptors (Lipinski definition) is 3. The van der Waals surface area contributed by atoms with Gasteiger partial charge in [-0.1, -0.05) is 15.9 Å². The maximum atomic E-state index is 11.4. The van der Waals surface area contributed by atoms with Crippen LogP contribution in [-0.2, 0) is 4.79 Å². The van der Waals surface area contributed by atoms with Crippen LogP contribution in [0.1, 0.15) is 0 Å². The van der Waals surface area contributed by atoms with Crippen molar-refractivity contribution in [3.05, 3.63) is 22.7 Å². The number of anilines is 1. The van der Waals surface area contributed by atoms with Crippen LogP contribution >= 0.6 is 28.3 Å². The van der Waals surface area contributed by atoms with Crippen molar-refractivity contribution in [2.75, 3.05) is 11.9 Å². The topological polar surface area (TPSA) is 64.3 Å². The maximum absolute atomic E-state index is 11.4. The summed E-state index contributed by atoms with van der Waals surface area (Å²) in [6.07, 6.45) is 0. The van der Waals surface area contributed by atoms with Crippen LogP contribution in [0.4, 0.5) is 5.69 Å². The zero-order valence-corrected chi connectivity index (χ0v) is 10.1. The Morgan fingerprint density at radius 2 is 2.27 bits per heavy atom. The van der Waals surface area contributed by atoms with Crippen molar-refractivity contribution in [3.63, 3.8) is 0 Å². The summed E-state index contributed by atoms with van der Waals surface area (Å²) in [6, 6.07) is 4.81. The quantitative estimate of drug-likeness (QED) is 0.762. The number of fused-ring (bicyclic) bond motifs is 1. The van der Waals surface area contributed by atoms with Gasteiger partial charge in [-0.05, 0) is 18.2 Å². The highest BCUT2D eigenvalue weighted by atomic mass is 79.9. The summed E-state index contributed by atoms with van der Waals surface area (Å²) >= 11 is 3.31. The highest BCUT2D eigenvalue weighted by Gasteiger charge is 2.20. The SMILES string of the molecule is Cl.N[C@H]1COc2ccc(Br)cc2NC1=O. The van der Waals surface area contributed by atoms with Gasteiger partial charge in [-0.2, -0.15) is 0 Å². The number of ether oxygens (including phenoxy) is 1. The van der Waals surface area contributed by atoms with E-state index in [4.69, 9.17) is 10.5 Å². The van der Waals surface area contributed by atoms with Gasteiger partial charge >= 0.3 is 0 Å². The van der Waals surface area contributed by atoms with Crippen LogP contribution in [0.2, 0.25) is 0 Å². The number of amides is 1. The predicted molar refractivity (Wildman–Crippen MR) is 63.5 cm³/mol. The van der Waals surface area contributed by atoms with E-state index < -0.39 is 6.04 Å². The minimum atomic E-state index is -0.610. The van der Waals surface area contributed by atoms with Gasteiger partial charge in [0.1, 0.15) is 18.4 Å². The van der Waals surface area contributed by atoms with Gasteiger partial charge in [0.25, 0.3) is 0 Å². The first kappa shape index (κ1) is 12.3. The van der Waals surface area contributed by atoms with Crippen LogP contribution in [-0.4, -0.2) is 18.6 Å². The fourth-order valence-electron chi connectivity index (χ4n) is 1.21. The van der Waals surface area contributed by atoms with Crippen molar-refractivity contribution in [2.24, 2.45) is 5.73 Å². The van der Waals surface area contributed by atoms with Gasteiger partial charge in [0.2, 0.25) is 5.91 Å². The van der Waals surface area contributed by atoms with Crippen molar-refractivity contribution in [2.45, 2.75) is 6.04 Å². The van der Waals surface area contributed by atoms with Gasteiger partial charge in [0.05, 0.1) is 5.69 Å². The van der Waals surface area contributed by atoms with Gasteiger partial charge in [0, 0.05) is 4.47 Å². The van der Waals surface area contributed by atoms with E-state index in [0.717, 1.165) is 4.47 Å². The van der Waals surface area contributed by atoms with Crippen LogP contribution < -0.4 is 15.8 Å². The highest BCUT2D eigenvalue weighted by Crippen LogP contribution is 2.29. The fraction of sp³-hybridized carbons (Fsp3) is 0.222. The van der Waals surface area contributed by atoms with Crippen molar-refractivity contribution >= 4 is 39.9 Å². The van der Waals surface area contributed by atoms with Gasteiger partial charge in [-0.3, -0.25) is 4.79 Å². The summed E-state index contributed by atoms with van der Waals surface area (Å²) in [4.78, 5) is 11.4. The summed E-state index contributed by atoms with van der Waals surface area (Å²) in [5.41, 5.74) is 6.20. The van der Waals surface area contributed by atoms with E-state index in [1.165, 1.54) is 0 Å². The lowest BCUT2D eigenvalue weighted by molar-refractivity contribution is -0.117. The zero-order valence-electron chi connectivity index (χ0n) is 7.70. The van der Waals surface area contributed by atoms with Crippen molar-refractivity contribution in [1.29, 1.82) is 0 Å². The molecule has 0 radical (unpaired) electrons. The monoisotopic (exact) mass is 292 g/mol. The van der Waals surface area contributed by atoms with Gasteiger partial charge in [-0.15, -0.1) is 12.4 Å². The van der Waals surface area contributed by atoms with Crippen LogP contribution in [0.25, 0.3) is 0 Å². The molecule has 4 nitrogen and oxygen atoms in total. The Bertz CT molecular complexity index is 386. The van der Waals surface area contributed by atoms with E-state index in [1.54, 1.807) is 12.1 Å².